The molecular weight excluding hydrogens is 479 g/mol. The Labute approximate surface area is 212 Å². The maximum atomic E-state index is 14.8. The molecule has 1 amide bonds. The van der Waals surface area contributed by atoms with Crippen LogP contribution >= 0.6 is 0 Å². The number of aryl methyl sites for hydroxylation is 1. The fraction of sp³-hybridized carbons (Fsp3) is 0.179. The first-order valence-corrected chi connectivity index (χ1v) is 11.2. The molecule has 0 saturated carbocycles. The number of likely N-dealkylation sites (N-methyl/N-ethyl adjacent to an activating group) is 1. The number of nitrogens with one attached hydrogen (secondary N) is 1. The first kappa shape index (κ1) is 26.9. The second-order valence-electron chi connectivity index (χ2n) is 7.87. The molecule has 37 heavy (non-hydrogen) atoms. The lowest BCUT2D eigenvalue weighted by molar-refractivity contribution is -0.115. The Bertz CT molecular complexity index is 1540. The second-order valence-corrected chi connectivity index (χ2v) is 7.87. The first-order valence-electron chi connectivity index (χ1n) is 11.2. The summed E-state index contributed by atoms with van der Waals surface area (Å²) in [5, 5.41) is 3.47. The minimum atomic E-state index is -0.823. The summed E-state index contributed by atoms with van der Waals surface area (Å²) in [5.74, 6) is -1.71. The molecule has 0 spiro atoms. The van der Waals surface area contributed by atoms with E-state index in [2.05, 4.69) is 16.6 Å². The lowest BCUT2D eigenvalue weighted by Gasteiger charge is -2.10. The molecule has 4 aromatic rings. The molecule has 2 heterocycles. The molecule has 8 nitrogen and oxygen atoms in total. The van der Waals surface area contributed by atoms with Gasteiger partial charge < -0.3 is 23.8 Å². The number of halogens is 1. The van der Waals surface area contributed by atoms with Crippen LogP contribution in [0, 0.1) is 5.82 Å². The summed E-state index contributed by atoms with van der Waals surface area (Å²) < 4.78 is 32.1. The Morgan fingerprint density at radius 2 is 1.84 bits per heavy atom. The molecule has 0 aliphatic heterocycles. The molecule has 0 bridgehead atoms. The lowest BCUT2D eigenvalue weighted by Crippen LogP contribution is -2.20. The fourth-order valence-electron chi connectivity index (χ4n) is 4.04. The Morgan fingerprint density at radius 3 is 2.43 bits per heavy atom. The van der Waals surface area contributed by atoms with E-state index in [0.717, 1.165) is 13.2 Å². The van der Waals surface area contributed by atoms with Crippen molar-refractivity contribution >= 4 is 51.2 Å². The zero-order valence-electron chi connectivity index (χ0n) is 21.2. The van der Waals surface area contributed by atoms with Gasteiger partial charge in [-0.25, -0.2) is 9.18 Å². The van der Waals surface area contributed by atoms with Crippen LogP contribution in [0.25, 0.3) is 33.0 Å². The number of fused-ring (bicyclic) bond motifs is 2. The van der Waals surface area contributed by atoms with Crippen LogP contribution in [0.5, 0.6) is 5.75 Å². The third-order valence-corrected chi connectivity index (χ3v) is 5.67. The van der Waals surface area contributed by atoms with Crippen LogP contribution in [0.2, 0.25) is 0 Å². The van der Waals surface area contributed by atoms with Crippen molar-refractivity contribution in [2.45, 2.75) is 6.92 Å². The van der Waals surface area contributed by atoms with E-state index < -0.39 is 17.7 Å². The highest BCUT2D eigenvalue weighted by Crippen LogP contribution is 2.38. The van der Waals surface area contributed by atoms with E-state index in [1.165, 1.54) is 26.5 Å². The molecular formula is C28H27FN2O6. The summed E-state index contributed by atoms with van der Waals surface area (Å²) in [5.41, 5.74) is 1.43. The van der Waals surface area contributed by atoms with Crippen LogP contribution in [-0.4, -0.2) is 44.0 Å². The van der Waals surface area contributed by atoms with Crippen molar-refractivity contribution in [3.63, 3.8) is 0 Å². The second kappa shape index (κ2) is 11.4. The maximum Gasteiger partial charge on any atom is 0.340 e. The molecule has 2 aromatic heterocycles. The van der Waals surface area contributed by atoms with Gasteiger partial charge in [-0.15, -0.1) is 6.58 Å². The van der Waals surface area contributed by atoms with E-state index in [0.29, 0.717) is 45.0 Å². The number of hydrogen-bond acceptors (Lipinski definition) is 6. The Kier molecular flexibility index (Phi) is 8.29. The summed E-state index contributed by atoms with van der Waals surface area (Å²) in [6, 6.07) is 7.70. The van der Waals surface area contributed by atoms with Crippen LogP contribution in [0.15, 0.2) is 59.9 Å². The molecule has 0 saturated heterocycles. The largest absolute Gasteiger partial charge is 0.493 e. The quantitative estimate of drug-likeness (QED) is 0.173. The van der Waals surface area contributed by atoms with Gasteiger partial charge in [0, 0.05) is 53.3 Å². The summed E-state index contributed by atoms with van der Waals surface area (Å²) in [4.78, 5) is 37.4. The van der Waals surface area contributed by atoms with Gasteiger partial charge in [0.15, 0.2) is 17.6 Å². The molecule has 9 heteroatoms. The van der Waals surface area contributed by atoms with Gasteiger partial charge in [0.25, 0.3) is 5.91 Å². The van der Waals surface area contributed by atoms with Gasteiger partial charge >= 0.3 is 5.97 Å². The number of amides is 1. The van der Waals surface area contributed by atoms with Crippen molar-refractivity contribution in [2.24, 2.45) is 7.05 Å². The molecule has 0 fully saturated rings. The number of hydrogen-bond donors (Lipinski definition) is 1. The summed E-state index contributed by atoms with van der Waals surface area (Å²) >= 11 is 0. The van der Waals surface area contributed by atoms with Crippen LogP contribution in [-0.2, 0) is 21.4 Å². The number of allylic oxidation sites excluding steroid dienone is 2. The average Bonchev–Trinajstić information content (AvgIpc) is 3.46. The maximum absolute atomic E-state index is 14.8. The number of benzene rings is 2. The highest BCUT2D eigenvalue weighted by atomic mass is 19.1. The number of carbonyl (C=O) groups is 3. The first-order chi connectivity index (χ1) is 17.8. The third-order valence-electron chi connectivity index (χ3n) is 5.67. The summed E-state index contributed by atoms with van der Waals surface area (Å²) in [6.45, 7) is 5.25. The predicted molar refractivity (Wildman–Crippen MR) is 140 cm³/mol. The standard InChI is InChI=1S/C25H21FN2O6.C3H6/c1-27-24(30)22(17(11-29)18-12-34-23-13(18)6-5-7-21(23)32-3)16-10-28(2)20-9-15(25(31)33-4)19(26)8-14(16)20;1-3-2/h5-12H,1-4H3,(H,27,30);3H,1H2,2H3/b22-17+;. The van der Waals surface area contributed by atoms with Crippen molar-refractivity contribution in [1.29, 1.82) is 0 Å². The van der Waals surface area contributed by atoms with Crippen molar-refractivity contribution in [1.82, 2.24) is 9.88 Å². The van der Waals surface area contributed by atoms with Crippen molar-refractivity contribution in [3.8, 4) is 5.75 Å². The van der Waals surface area contributed by atoms with Gasteiger partial charge in [0.05, 0.1) is 31.6 Å². The van der Waals surface area contributed by atoms with E-state index in [9.17, 15) is 18.8 Å². The Balaban J connectivity index is 0.00000121. The number of ether oxygens (including phenoxy) is 2. The normalized spacial score (nSPS) is 11.3. The number of furan rings is 1. The van der Waals surface area contributed by atoms with Crippen LogP contribution in [0.4, 0.5) is 4.39 Å². The van der Waals surface area contributed by atoms with Gasteiger partial charge in [-0.3, -0.25) is 9.59 Å². The predicted octanol–water partition coefficient (Wildman–Crippen LogP) is 4.91. The van der Waals surface area contributed by atoms with Crippen molar-refractivity contribution < 1.29 is 32.7 Å². The number of aromatic nitrogens is 1. The number of nitrogens with zero attached hydrogens (tertiary/aromatic N) is 1. The third kappa shape index (κ3) is 4.88. The van der Waals surface area contributed by atoms with Gasteiger partial charge in [0.1, 0.15) is 5.82 Å². The molecule has 1 N–H and O–H groups in total. The molecule has 192 valence electrons. The topological polar surface area (TPSA) is 99.8 Å². The number of carbonyl (C=O) groups excluding carboxylic acids is 3. The minimum Gasteiger partial charge on any atom is -0.493 e. The monoisotopic (exact) mass is 506 g/mol. The van der Waals surface area contributed by atoms with Gasteiger partial charge in [-0.2, -0.15) is 0 Å². The van der Waals surface area contributed by atoms with E-state index in [1.54, 1.807) is 42.1 Å². The molecule has 0 radical (unpaired) electrons. The Morgan fingerprint density at radius 1 is 1.14 bits per heavy atom. The molecule has 2 aromatic carbocycles. The summed E-state index contributed by atoms with van der Waals surface area (Å²) in [6.07, 6.45) is 5.29. The van der Waals surface area contributed by atoms with E-state index in [-0.39, 0.29) is 16.7 Å². The highest BCUT2D eigenvalue weighted by molar-refractivity contribution is 6.38. The average molecular weight is 507 g/mol. The highest BCUT2D eigenvalue weighted by Gasteiger charge is 2.26. The van der Waals surface area contributed by atoms with Crippen LogP contribution < -0.4 is 10.1 Å². The van der Waals surface area contributed by atoms with E-state index in [1.807, 2.05) is 6.92 Å². The van der Waals surface area contributed by atoms with E-state index >= 15 is 0 Å². The fourth-order valence-corrected chi connectivity index (χ4v) is 4.04. The van der Waals surface area contributed by atoms with Crippen LogP contribution in [0.3, 0.4) is 0 Å². The van der Waals surface area contributed by atoms with Gasteiger partial charge in [-0.1, -0.05) is 18.2 Å². The molecule has 0 unspecified atom stereocenters. The number of rotatable bonds is 6. The van der Waals surface area contributed by atoms with Crippen molar-refractivity contribution in [3.05, 3.63) is 78.0 Å². The smallest absolute Gasteiger partial charge is 0.340 e. The zero-order chi connectivity index (χ0) is 27.3. The molecule has 0 aliphatic rings. The molecule has 0 atom stereocenters. The number of methoxy groups -OCH3 is 2. The molecule has 4 rings (SSSR count). The van der Waals surface area contributed by atoms with E-state index in [4.69, 9.17) is 9.15 Å². The van der Waals surface area contributed by atoms with Gasteiger partial charge in [-0.05, 0) is 25.1 Å². The van der Waals surface area contributed by atoms with Crippen LogP contribution in [0.1, 0.15) is 28.4 Å². The lowest BCUT2D eigenvalue weighted by atomic mass is 9.93. The summed E-state index contributed by atoms with van der Waals surface area (Å²) in [7, 11) is 5.78. The number of esters is 1. The molecule has 0 aliphatic carbocycles. The number of para-hydroxylation sites is 1. The zero-order valence-corrected chi connectivity index (χ0v) is 21.2. The van der Waals surface area contributed by atoms with Gasteiger partial charge in [0.2, 0.25) is 0 Å². The Hall–Kier alpha value is -4.66. The van der Waals surface area contributed by atoms with Crippen molar-refractivity contribution in [2.75, 3.05) is 21.3 Å². The number of aldehydes is 1. The SMILES string of the molecule is C=CC.CNC(=O)/C(=C(\C=O)c1coc2c(OC)cccc12)c1cn(C)c2cc(C(=O)OC)c(F)cc12. The minimum absolute atomic E-state index is 0.0267.